The Morgan fingerprint density at radius 1 is 1.80 bits per heavy atom. The molecule has 1 rings (SSSR count). The number of hydrogen-bond donors (Lipinski definition) is 0. The Morgan fingerprint density at radius 3 is 3.10 bits per heavy atom. The fourth-order valence-corrected chi connectivity index (χ4v) is 1.66. The van der Waals surface area contributed by atoms with Crippen LogP contribution >= 0.6 is 0 Å². The highest BCUT2D eigenvalue weighted by molar-refractivity contribution is 5.21. The van der Waals surface area contributed by atoms with E-state index in [9.17, 15) is 0 Å². The van der Waals surface area contributed by atoms with Crippen LogP contribution in [0.25, 0.3) is 0 Å². The lowest BCUT2D eigenvalue weighted by molar-refractivity contribution is 0.507. The molecule has 1 aliphatic carbocycles. The van der Waals surface area contributed by atoms with Gasteiger partial charge in [-0.2, -0.15) is 0 Å². The van der Waals surface area contributed by atoms with E-state index in [1.165, 1.54) is 31.3 Å². The Balaban J connectivity index is 2.62. The van der Waals surface area contributed by atoms with Crippen LogP contribution in [0.4, 0.5) is 0 Å². The summed E-state index contributed by atoms with van der Waals surface area (Å²) >= 11 is 0. The minimum absolute atomic E-state index is 0.811. The molecule has 0 aromatic heterocycles. The van der Waals surface area contributed by atoms with Crippen LogP contribution in [-0.4, -0.2) is 0 Å². The highest BCUT2D eigenvalue weighted by Crippen LogP contribution is 2.27. The molecule has 0 spiro atoms. The molecule has 0 aromatic rings. The summed E-state index contributed by atoms with van der Waals surface area (Å²) in [5.74, 6) is 0.811. The van der Waals surface area contributed by atoms with Gasteiger partial charge in [-0.05, 0) is 37.2 Å². The largest absolute Gasteiger partial charge is 0.0988 e. The lowest BCUT2D eigenvalue weighted by Crippen LogP contribution is -2.05. The van der Waals surface area contributed by atoms with Gasteiger partial charge in [0.1, 0.15) is 0 Å². The maximum atomic E-state index is 3.81. The smallest absolute Gasteiger partial charge is 0.0168 e. The zero-order valence-electron chi connectivity index (χ0n) is 6.77. The average molecular weight is 136 g/mol. The van der Waals surface area contributed by atoms with Crippen LogP contribution in [0.2, 0.25) is 0 Å². The topological polar surface area (TPSA) is 0 Å². The third kappa shape index (κ3) is 1.50. The third-order valence-corrected chi connectivity index (χ3v) is 2.34. The Bertz CT molecular complexity index is 142. The van der Waals surface area contributed by atoms with Gasteiger partial charge in [-0.25, -0.2) is 0 Å². The molecule has 0 aromatic carbocycles. The van der Waals surface area contributed by atoms with Crippen molar-refractivity contribution >= 4 is 0 Å². The van der Waals surface area contributed by atoms with Crippen molar-refractivity contribution in [3.63, 3.8) is 0 Å². The zero-order chi connectivity index (χ0) is 7.40. The van der Waals surface area contributed by atoms with Gasteiger partial charge in [0.15, 0.2) is 0 Å². The third-order valence-electron chi connectivity index (χ3n) is 2.34. The molecule has 0 bridgehead atoms. The fourth-order valence-electron chi connectivity index (χ4n) is 1.66. The molecule has 0 heterocycles. The minimum atomic E-state index is 0.811. The lowest BCUT2D eigenvalue weighted by Gasteiger charge is -2.19. The molecule has 0 fully saturated rings. The van der Waals surface area contributed by atoms with E-state index in [0.717, 1.165) is 5.92 Å². The summed E-state index contributed by atoms with van der Waals surface area (Å²) in [7, 11) is 0. The van der Waals surface area contributed by atoms with Crippen LogP contribution in [0, 0.1) is 5.92 Å². The first-order valence-corrected chi connectivity index (χ1v) is 4.21. The summed E-state index contributed by atoms with van der Waals surface area (Å²) in [6.45, 7) is 6.07. The van der Waals surface area contributed by atoms with E-state index in [-0.39, 0.29) is 0 Å². The highest BCUT2D eigenvalue weighted by Gasteiger charge is 2.12. The normalized spacial score (nSPS) is 25.7. The van der Waals surface area contributed by atoms with Gasteiger partial charge in [0.05, 0.1) is 0 Å². The molecule has 10 heavy (non-hydrogen) atoms. The first-order chi connectivity index (χ1) is 4.88. The van der Waals surface area contributed by atoms with E-state index < -0.39 is 0 Å². The Kier molecular flexibility index (Phi) is 2.73. The van der Waals surface area contributed by atoms with Gasteiger partial charge >= 0.3 is 0 Å². The van der Waals surface area contributed by atoms with E-state index in [1.807, 2.05) is 6.08 Å². The standard InChI is InChI=1S/C10H16/c1-3-9-7-5-6-8-10(9)4-2/h3,7,10H,1,4-6,8H2,2H3/t10-/m0/s1. The van der Waals surface area contributed by atoms with Crippen molar-refractivity contribution in [2.75, 3.05) is 0 Å². The summed E-state index contributed by atoms with van der Waals surface area (Å²) < 4.78 is 0. The molecule has 0 heteroatoms. The minimum Gasteiger partial charge on any atom is -0.0988 e. The van der Waals surface area contributed by atoms with Crippen molar-refractivity contribution in [1.82, 2.24) is 0 Å². The fraction of sp³-hybridized carbons (Fsp3) is 0.600. The molecule has 0 saturated carbocycles. The molecule has 0 amide bonds. The van der Waals surface area contributed by atoms with Gasteiger partial charge in [0.25, 0.3) is 0 Å². The second-order valence-electron chi connectivity index (χ2n) is 2.94. The molecular formula is C10H16. The quantitative estimate of drug-likeness (QED) is 0.546. The lowest BCUT2D eigenvalue weighted by atomic mass is 9.86. The van der Waals surface area contributed by atoms with E-state index >= 15 is 0 Å². The van der Waals surface area contributed by atoms with Crippen LogP contribution in [0.15, 0.2) is 24.3 Å². The van der Waals surface area contributed by atoms with E-state index in [1.54, 1.807) is 0 Å². The van der Waals surface area contributed by atoms with Crippen LogP contribution in [0.1, 0.15) is 32.6 Å². The second-order valence-corrected chi connectivity index (χ2v) is 2.94. The van der Waals surface area contributed by atoms with E-state index in [2.05, 4.69) is 19.6 Å². The predicted octanol–water partition coefficient (Wildman–Crippen LogP) is 3.31. The van der Waals surface area contributed by atoms with Gasteiger partial charge in [0.2, 0.25) is 0 Å². The Morgan fingerprint density at radius 2 is 2.60 bits per heavy atom. The van der Waals surface area contributed by atoms with Gasteiger partial charge in [0, 0.05) is 0 Å². The second kappa shape index (κ2) is 3.60. The molecule has 1 aliphatic rings. The maximum Gasteiger partial charge on any atom is -0.0168 e. The number of allylic oxidation sites excluding steroid dienone is 3. The van der Waals surface area contributed by atoms with Crippen molar-refractivity contribution in [2.45, 2.75) is 32.6 Å². The van der Waals surface area contributed by atoms with Crippen molar-refractivity contribution in [1.29, 1.82) is 0 Å². The Labute approximate surface area is 63.6 Å². The van der Waals surface area contributed by atoms with Crippen LogP contribution in [0.3, 0.4) is 0 Å². The number of rotatable bonds is 2. The van der Waals surface area contributed by atoms with E-state index in [4.69, 9.17) is 0 Å². The van der Waals surface area contributed by atoms with Crippen molar-refractivity contribution in [2.24, 2.45) is 5.92 Å². The summed E-state index contributed by atoms with van der Waals surface area (Å²) in [5.41, 5.74) is 1.48. The molecule has 0 unspecified atom stereocenters. The van der Waals surface area contributed by atoms with Gasteiger partial charge in [-0.15, -0.1) is 0 Å². The van der Waals surface area contributed by atoms with Gasteiger partial charge in [-0.3, -0.25) is 0 Å². The van der Waals surface area contributed by atoms with Crippen molar-refractivity contribution in [3.8, 4) is 0 Å². The summed E-state index contributed by atoms with van der Waals surface area (Å²) in [6.07, 6.45) is 9.64. The molecule has 0 saturated heterocycles. The molecule has 0 N–H and O–H groups in total. The Hall–Kier alpha value is -0.520. The van der Waals surface area contributed by atoms with Crippen LogP contribution in [-0.2, 0) is 0 Å². The first kappa shape index (κ1) is 7.59. The molecule has 56 valence electrons. The summed E-state index contributed by atoms with van der Waals surface area (Å²) in [5, 5.41) is 0. The van der Waals surface area contributed by atoms with Gasteiger partial charge < -0.3 is 0 Å². The first-order valence-electron chi connectivity index (χ1n) is 4.21. The maximum absolute atomic E-state index is 3.81. The zero-order valence-corrected chi connectivity index (χ0v) is 6.77. The molecule has 0 nitrogen and oxygen atoms in total. The highest BCUT2D eigenvalue weighted by atomic mass is 14.2. The average Bonchev–Trinajstić information content (AvgIpc) is 2.04. The molecular weight excluding hydrogens is 120 g/mol. The predicted molar refractivity (Wildman–Crippen MR) is 45.9 cm³/mol. The number of hydrogen-bond acceptors (Lipinski definition) is 0. The van der Waals surface area contributed by atoms with E-state index in [0.29, 0.717) is 0 Å². The SMILES string of the molecule is C=CC1=CCCC[C@@H]1CC. The summed E-state index contributed by atoms with van der Waals surface area (Å²) in [4.78, 5) is 0. The molecule has 0 radical (unpaired) electrons. The molecule has 0 aliphatic heterocycles. The van der Waals surface area contributed by atoms with Crippen molar-refractivity contribution < 1.29 is 0 Å². The van der Waals surface area contributed by atoms with Crippen LogP contribution < -0.4 is 0 Å². The van der Waals surface area contributed by atoms with Gasteiger partial charge in [-0.1, -0.05) is 25.7 Å². The van der Waals surface area contributed by atoms with Crippen molar-refractivity contribution in [3.05, 3.63) is 24.3 Å². The monoisotopic (exact) mass is 136 g/mol. The molecule has 1 atom stereocenters. The van der Waals surface area contributed by atoms with Crippen LogP contribution in [0.5, 0.6) is 0 Å². The summed E-state index contributed by atoms with van der Waals surface area (Å²) in [6, 6.07) is 0.